The van der Waals surface area contributed by atoms with E-state index in [4.69, 9.17) is 4.74 Å². The fourth-order valence-electron chi connectivity index (χ4n) is 3.79. The van der Waals surface area contributed by atoms with E-state index in [2.05, 4.69) is 18.3 Å². The maximum Gasteiger partial charge on any atom is 0.251 e. The lowest BCUT2D eigenvalue weighted by Gasteiger charge is -2.24. The number of nitrogens with zero attached hydrogens (tertiary/aromatic N) is 1. The van der Waals surface area contributed by atoms with Crippen molar-refractivity contribution in [3.8, 4) is 5.75 Å². The van der Waals surface area contributed by atoms with Crippen LogP contribution in [0.25, 0.3) is 0 Å². The van der Waals surface area contributed by atoms with Gasteiger partial charge in [0.1, 0.15) is 17.7 Å². The highest BCUT2D eigenvalue weighted by atomic mass is 32.2. The van der Waals surface area contributed by atoms with Crippen LogP contribution in [0.2, 0.25) is 0 Å². The molecular weight excluding hydrogens is 432 g/mol. The molecule has 1 fully saturated rings. The van der Waals surface area contributed by atoms with Crippen LogP contribution in [-0.2, 0) is 11.3 Å². The van der Waals surface area contributed by atoms with Crippen molar-refractivity contribution in [3.05, 3.63) is 101 Å². The van der Waals surface area contributed by atoms with Gasteiger partial charge in [0.05, 0.1) is 12.3 Å². The second-order valence-electron chi connectivity index (χ2n) is 8.10. The van der Waals surface area contributed by atoms with Gasteiger partial charge in [-0.25, -0.2) is 0 Å². The van der Waals surface area contributed by atoms with Gasteiger partial charge in [-0.3, -0.25) is 9.59 Å². The number of ether oxygens (including phenoxy) is 1. The Morgan fingerprint density at radius 2 is 1.79 bits per heavy atom. The van der Waals surface area contributed by atoms with Crippen LogP contribution in [0.15, 0.2) is 72.8 Å². The Kier molecular flexibility index (Phi) is 7.35. The van der Waals surface area contributed by atoms with Crippen molar-refractivity contribution in [2.45, 2.75) is 25.8 Å². The molecule has 0 spiro atoms. The summed E-state index contributed by atoms with van der Waals surface area (Å²) in [6.45, 7) is 5.49. The summed E-state index contributed by atoms with van der Waals surface area (Å²) in [5.74, 6) is 1.32. The number of amides is 2. The Morgan fingerprint density at radius 3 is 2.55 bits per heavy atom. The molecule has 0 unspecified atom stereocenters. The molecule has 0 saturated carbocycles. The number of benzene rings is 3. The van der Waals surface area contributed by atoms with Gasteiger partial charge in [-0.05, 0) is 54.3 Å². The molecule has 5 nitrogen and oxygen atoms in total. The Balaban J connectivity index is 1.32. The molecule has 0 aromatic heterocycles. The van der Waals surface area contributed by atoms with Gasteiger partial charge in [0.25, 0.3) is 5.91 Å². The van der Waals surface area contributed by atoms with Crippen molar-refractivity contribution in [2.24, 2.45) is 0 Å². The first kappa shape index (κ1) is 22.9. The van der Waals surface area contributed by atoms with E-state index in [1.54, 1.807) is 11.8 Å². The second-order valence-corrected chi connectivity index (χ2v) is 9.16. The number of hydrogen-bond acceptors (Lipinski definition) is 4. The summed E-state index contributed by atoms with van der Waals surface area (Å²) in [4.78, 5) is 26.9. The topological polar surface area (TPSA) is 58.6 Å². The fraction of sp³-hybridized carbons (Fsp3) is 0.259. The molecule has 33 heavy (non-hydrogen) atoms. The zero-order valence-electron chi connectivity index (χ0n) is 18.9. The molecule has 1 N–H and O–H groups in total. The largest absolute Gasteiger partial charge is 0.491 e. The zero-order valence-corrected chi connectivity index (χ0v) is 19.7. The molecule has 3 aromatic rings. The molecule has 3 aromatic carbocycles. The van der Waals surface area contributed by atoms with E-state index >= 15 is 0 Å². The molecular formula is C27H28N2O3S. The van der Waals surface area contributed by atoms with Crippen LogP contribution in [0.4, 0.5) is 0 Å². The van der Waals surface area contributed by atoms with E-state index in [-0.39, 0.29) is 17.2 Å². The Morgan fingerprint density at radius 1 is 1.03 bits per heavy atom. The van der Waals surface area contributed by atoms with E-state index in [0.717, 1.165) is 22.4 Å². The molecule has 1 aliphatic heterocycles. The lowest BCUT2D eigenvalue weighted by atomic mass is 10.1. The van der Waals surface area contributed by atoms with Crippen molar-refractivity contribution in [1.29, 1.82) is 0 Å². The molecule has 2 amide bonds. The van der Waals surface area contributed by atoms with Gasteiger partial charge in [0.2, 0.25) is 5.91 Å². The van der Waals surface area contributed by atoms with Crippen LogP contribution in [0.3, 0.4) is 0 Å². The SMILES string of the molecule is Cc1cccc(OCCNC(=O)c2ccc([C@H]3SCC(=O)N3Cc3ccccc3)cc2)c1C. The van der Waals surface area contributed by atoms with Gasteiger partial charge >= 0.3 is 0 Å². The van der Waals surface area contributed by atoms with Gasteiger partial charge in [-0.2, -0.15) is 0 Å². The van der Waals surface area contributed by atoms with E-state index in [1.807, 2.05) is 78.6 Å². The molecule has 4 rings (SSSR count). The Bertz CT molecular complexity index is 1120. The number of carbonyl (C=O) groups excluding carboxylic acids is 2. The number of carbonyl (C=O) groups is 2. The highest BCUT2D eigenvalue weighted by Gasteiger charge is 2.32. The molecule has 0 bridgehead atoms. The number of nitrogens with one attached hydrogen (secondary N) is 1. The number of hydrogen-bond donors (Lipinski definition) is 1. The smallest absolute Gasteiger partial charge is 0.251 e. The minimum atomic E-state index is -0.137. The predicted molar refractivity (Wildman–Crippen MR) is 132 cm³/mol. The molecule has 1 aliphatic rings. The minimum absolute atomic E-state index is 0.0409. The molecule has 1 atom stereocenters. The van der Waals surface area contributed by atoms with Crippen LogP contribution >= 0.6 is 11.8 Å². The fourth-order valence-corrected chi connectivity index (χ4v) is 4.98. The molecule has 1 saturated heterocycles. The second kappa shape index (κ2) is 10.6. The maximum atomic E-state index is 12.5. The maximum absolute atomic E-state index is 12.5. The predicted octanol–water partition coefficient (Wildman–Crippen LogP) is 4.89. The van der Waals surface area contributed by atoms with Crippen LogP contribution in [0.1, 0.15) is 38.0 Å². The average Bonchev–Trinajstić information content (AvgIpc) is 3.20. The first-order valence-electron chi connectivity index (χ1n) is 11.0. The standard InChI is InChI=1S/C27H28N2O3S/c1-19-7-6-10-24(20(19)2)32-16-15-28-26(31)22-11-13-23(14-12-22)27-29(25(30)18-33-27)17-21-8-4-3-5-9-21/h3-14,27H,15-18H2,1-2H3,(H,28,31)/t27-/m1/s1. The summed E-state index contributed by atoms with van der Waals surface area (Å²) in [5.41, 5.74) is 5.02. The summed E-state index contributed by atoms with van der Waals surface area (Å²) in [7, 11) is 0. The van der Waals surface area contributed by atoms with Crippen LogP contribution in [0.5, 0.6) is 5.75 Å². The number of thioether (sulfide) groups is 1. The third-order valence-electron chi connectivity index (χ3n) is 5.82. The van der Waals surface area contributed by atoms with Gasteiger partial charge in [-0.15, -0.1) is 11.8 Å². The highest BCUT2D eigenvalue weighted by Crippen LogP contribution is 2.39. The molecule has 1 heterocycles. The van der Waals surface area contributed by atoms with Crippen molar-refractivity contribution in [2.75, 3.05) is 18.9 Å². The lowest BCUT2D eigenvalue weighted by molar-refractivity contribution is -0.128. The van der Waals surface area contributed by atoms with E-state index in [9.17, 15) is 9.59 Å². The van der Waals surface area contributed by atoms with Crippen LogP contribution in [-0.4, -0.2) is 35.6 Å². The van der Waals surface area contributed by atoms with E-state index < -0.39 is 0 Å². The van der Waals surface area contributed by atoms with Gasteiger partial charge in [-0.1, -0.05) is 54.6 Å². The van der Waals surface area contributed by atoms with Crippen molar-refractivity contribution >= 4 is 23.6 Å². The quantitative estimate of drug-likeness (QED) is 0.487. The first-order valence-corrected chi connectivity index (χ1v) is 12.1. The third-order valence-corrected chi connectivity index (χ3v) is 7.08. The van der Waals surface area contributed by atoms with Crippen molar-refractivity contribution in [3.63, 3.8) is 0 Å². The molecule has 170 valence electrons. The van der Waals surface area contributed by atoms with Crippen molar-refractivity contribution < 1.29 is 14.3 Å². The molecule has 6 heteroatoms. The number of aryl methyl sites for hydroxylation is 1. The summed E-state index contributed by atoms with van der Waals surface area (Å²) in [6, 6.07) is 23.5. The van der Waals surface area contributed by atoms with Gasteiger partial charge < -0.3 is 15.0 Å². The number of rotatable bonds is 8. The summed E-state index contributed by atoms with van der Waals surface area (Å²) < 4.78 is 5.81. The summed E-state index contributed by atoms with van der Waals surface area (Å²) in [6.07, 6.45) is 0. The first-order chi connectivity index (χ1) is 16.0. The zero-order chi connectivity index (χ0) is 23.2. The Labute approximate surface area is 199 Å². The van der Waals surface area contributed by atoms with Crippen molar-refractivity contribution in [1.82, 2.24) is 10.2 Å². The van der Waals surface area contributed by atoms with Crippen LogP contribution in [0, 0.1) is 13.8 Å². The molecule has 0 radical (unpaired) electrons. The van der Waals surface area contributed by atoms with E-state index in [0.29, 0.717) is 31.0 Å². The normalized spacial score (nSPS) is 15.5. The Hall–Kier alpha value is -3.25. The van der Waals surface area contributed by atoms with E-state index in [1.165, 1.54) is 5.56 Å². The third kappa shape index (κ3) is 5.57. The highest BCUT2D eigenvalue weighted by molar-refractivity contribution is 8.00. The van der Waals surface area contributed by atoms with Gasteiger partial charge in [0.15, 0.2) is 0 Å². The summed E-state index contributed by atoms with van der Waals surface area (Å²) in [5, 5.41) is 2.87. The van der Waals surface area contributed by atoms with Gasteiger partial charge in [0, 0.05) is 12.1 Å². The minimum Gasteiger partial charge on any atom is -0.491 e. The lowest BCUT2D eigenvalue weighted by Crippen LogP contribution is -2.28. The molecule has 0 aliphatic carbocycles. The summed E-state index contributed by atoms with van der Waals surface area (Å²) >= 11 is 1.62. The average molecular weight is 461 g/mol. The van der Waals surface area contributed by atoms with Crippen LogP contribution < -0.4 is 10.1 Å². The monoisotopic (exact) mass is 460 g/mol.